The number of carbonyl (C=O) groups is 3. The Morgan fingerprint density at radius 3 is 2.41 bits per heavy atom. The molecule has 3 rings (SSSR count). The number of nitrogens with one attached hydrogen (secondary N) is 1. The zero-order chi connectivity index (χ0) is 27.3. The molecule has 1 fully saturated rings. The first-order valence-electron chi connectivity index (χ1n) is 11.7. The Hall–Kier alpha value is -2.95. The van der Waals surface area contributed by atoms with Crippen LogP contribution in [0.4, 0.5) is 22.0 Å². The Labute approximate surface area is 215 Å². The van der Waals surface area contributed by atoms with Crippen molar-refractivity contribution < 1.29 is 36.3 Å². The minimum Gasteiger partial charge on any atom is -0.345 e. The topological polar surface area (TPSA) is 66.5 Å². The molecule has 11 heteroatoms. The molecule has 1 aliphatic heterocycles. The molecular weight excluding hydrogens is 515 g/mol. The number of alkyl halides is 3. The molecule has 2 amide bonds. The number of halogens is 5. The summed E-state index contributed by atoms with van der Waals surface area (Å²) in [4.78, 5) is 39.3. The first-order valence-corrected chi connectivity index (χ1v) is 12.7. The number of carbonyl (C=O) groups excluding carboxylic acids is 3. The Balaban J connectivity index is 1.58. The van der Waals surface area contributed by atoms with E-state index < -0.39 is 41.4 Å². The average molecular weight is 543 g/mol. The Kier molecular flexibility index (Phi) is 9.33. The van der Waals surface area contributed by atoms with Gasteiger partial charge in [-0.1, -0.05) is 49.9 Å². The van der Waals surface area contributed by atoms with E-state index in [1.807, 2.05) is 0 Å². The minimum atomic E-state index is -4.44. The van der Waals surface area contributed by atoms with Gasteiger partial charge in [-0.2, -0.15) is 13.2 Å². The lowest BCUT2D eigenvalue weighted by Crippen LogP contribution is -2.45. The molecule has 0 bridgehead atoms. The van der Waals surface area contributed by atoms with Crippen LogP contribution in [0.1, 0.15) is 49.8 Å². The molecular formula is C26H27F5N2O3S. The summed E-state index contributed by atoms with van der Waals surface area (Å²) in [6.45, 7) is 3.33. The van der Waals surface area contributed by atoms with Crippen molar-refractivity contribution in [3.05, 3.63) is 70.8 Å². The maximum atomic E-state index is 14.1. The van der Waals surface area contributed by atoms with Gasteiger partial charge in [0.1, 0.15) is 6.04 Å². The molecule has 5 nitrogen and oxygen atoms in total. The molecule has 0 aliphatic carbocycles. The molecule has 0 radical (unpaired) electrons. The fraction of sp³-hybridized carbons (Fsp3) is 0.423. The number of hydrogen-bond donors (Lipinski definition) is 1. The Bertz CT molecular complexity index is 1140. The molecule has 0 spiro atoms. The van der Waals surface area contributed by atoms with Crippen molar-refractivity contribution in [3.8, 4) is 0 Å². The zero-order valence-corrected chi connectivity index (χ0v) is 21.1. The standard InChI is InChI=1S/C26H27F5N2O3S/c1-15(2)24(25(36)37-14-16-6-8-18(9-7-16)26(29,30)31)32-21(34)12-19-10-11-22(35)33(19)13-17-4-3-5-20(27)23(17)28/h3-9,15,19,24H,10-14H2,1-2H3,(H,32,34)/t19-,24-/m0/s1. The fourth-order valence-electron chi connectivity index (χ4n) is 4.06. The van der Waals surface area contributed by atoms with Crippen LogP contribution in [0.15, 0.2) is 42.5 Å². The van der Waals surface area contributed by atoms with Crippen LogP contribution in [0.5, 0.6) is 0 Å². The third kappa shape index (κ3) is 7.53. The van der Waals surface area contributed by atoms with E-state index in [1.54, 1.807) is 13.8 Å². The van der Waals surface area contributed by atoms with E-state index in [0.717, 1.165) is 30.0 Å². The number of likely N-dealkylation sites (tertiary alicyclic amines) is 1. The van der Waals surface area contributed by atoms with Gasteiger partial charge in [-0.3, -0.25) is 14.4 Å². The fourth-order valence-corrected chi connectivity index (χ4v) is 5.07. The van der Waals surface area contributed by atoms with E-state index in [9.17, 15) is 36.3 Å². The number of thioether (sulfide) groups is 1. The smallest absolute Gasteiger partial charge is 0.345 e. The van der Waals surface area contributed by atoms with Gasteiger partial charge >= 0.3 is 6.18 Å². The summed E-state index contributed by atoms with van der Waals surface area (Å²) >= 11 is 0.893. The third-order valence-electron chi connectivity index (χ3n) is 6.15. The number of rotatable bonds is 9. The van der Waals surface area contributed by atoms with E-state index in [2.05, 4.69) is 5.32 Å². The van der Waals surface area contributed by atoms with E-state index in [0.29, 0.717) is 12.0 Å². The lowest BCUT2D eigenvalue weighted by molar-refractivity contribution is -0.137. The molecule has 1 heterocycles. The van der Waals surface area contributed by atoms with Crippen LogP contribution in [0.2, 0.25) is 0 Å². The largest absolute Gasteiger partial charge is 0.416 e. The minimum absolute atomic E-state index is 0.00978. The van der Waals surface area contributed by atoms with Crippen LogP contribution in [-0.2, 0) is 32.9 Å². The molecule has 0 saturated carbocycles. The van der Waals surface area contributed by atoms with Gasteiger partial charge in [0.2, 0.25) is 16.9 Å². The van der Waals surface area contributed by atoms with Crippen molar-refractivity contribution in [1.29, 1.82) is 0 Å². The molecule has 0 unspecified atom stereocenters. The molecule has 0 aromatic heterocycles. The predicted octanol–water partition coefficient (Wildman–Crippen LogP) is 5.47. The summed E-state index contributed by atoms with van der Waals surface area (Å²) in [6, 6.07) is 6.83. The maximum absolute atomic E-state index is 14.1. The maximum Gasteiger partial charge on any atom is 0.416 e. The monoisotopic (exact) mass is 542 g/mol. The van der Waals surface area contributed by atoms with Gasteiger partial charge < -0.3 is 10.2 Å². The van der Waals surface area contributed by atoms with Gasteiger partial charge in [0.05, 0.1) is 5.56 Å². The van der Waals surface area contributed by atoms with Crippen LogP contribution in [0.25, 0.3) is 0 Å². The second-order valence-corrected chi connectivity index (χ2v) is 10.2. The summed E-state index contributed by atoms with van der Waals surface area (Å²) in [5.41, 5.74) is -0.236. The summed E-state index contributed by atoms with van der Waals surface area (Å²) in [6.07, 6.45) is -4.02. The highest BCUT2D eigenvalue weighted by molar-refractivity contribution is 8.13. The second-order valence-electron chi connectivity index (χ2n) is 9.22. The highest BCUT2D eigenvalue weighted by Gasteiger charge is 2.34. The summed E-state index contributed by atoms with van der Waals surface area (Å²) in [5.74, 6) is -2.93. The van der Waals surface area contributed by atoms with Gasteiger partial charge in [0, 0.05) is 36.7 Å². The van der Waals surface area contributed by atoms with Crippen molar-refractivity contribution in [2.45, 2.75) is 63.7 Å². The molecule has 1 aliphatic rings. The summed E-state index contributed by atoms with van der Waals surface area (Å²) < 4.78 is 65.9. The molecule has 1 saturated heterocycles. The first-order chi connectivity index (χ1) is 17.4. The van der Waals surface area contributed by atoms with Gasteiger partial charge in [0.15, 0.2) is 11.6 Å². The molecule has 37 heavy (non-hydrogen) atoms. The highest BCUT2D eigenvalue weighted by Crippen LogP contribution is 2.30. The van der Waals surface area contributed by atoms with Crippen LogP contribution in [0, 0.1) is 17.6 Å². The quantitative estimate of drug-likeness (QED) is 0.427. The number of hydrogen-bond acceptors (Lipinski definition) is 4. The first kappa shape index (κ1) is 28.6. The van der Waals surface area contributed by atoms with E-state index >= 15 is 0 Å². The van der Waals surface area contributed by atoms with Crippen molar-refractivity contribution in [1.82, 2.24) is 10.2 Å². The Morgan fingerprint density at radius 1 is 1.11 bits per heavy atom. The molecule has 1 N–H and O–H groups in total. The van der Waals surface area contributed by atoms with Crippen molar-refractivity contribution in [2.24, 2.45) is 5.92 Å². The van der Waals surface area contributed by atoms with Crippen LogP contribution in [-0.4, -0.2) is 33.9 Å². The summed E-state index contributed by atoms with van der Waals surface area (Å²) in [5, 5.41) is 2.35. The normalized spacial score (nSPS) is 16.8. The summed E-state index contributed by atoms with van der Waals surface area (Å²) in [7, 11) is 0. The highest BCUT2D eigenvalue weighted by atomic mass is 32.2. The van der Waals surface area contributed by atoms with Gasteiger partial charge in [-0.15, -0.1) is 0 Å². The lowest BCUT2D eigenvalue weighted by Gasteiger charge is -2.26. The molecule has 2 atom stereocenters. The lowest BCUT2D eigenvalue weighted by atomic mass is 10.0. The SMILES string of the molecule is CC(C)[C@H](NC(=O)C[C@@H]1CCC(=O)N1Cc1cccc(F)c1F)C(=O)SCc1ccc(C(F)(F)F)cc1. The molecule has 2 aromatic rings. The van der Waals surface area contributed by atoms with Crippen molar-refractivity contribution >= 4 is 28.7 Å². The van der Waals surface area contributed by atoms with Gasteiger partial charge in [-0.05, 0) is 36.1 Å². The van der Waals surface area contributed by atoms with Crippen molar-refractivity contribution in [3.63, 3.8) is 0 Å². The van der Waals surface area contributed by atoms with Gasteiger partial charge in [0.25, 0.3) is 0 Å². The van der Waals surface area contributed by atoms with Gasteiger partial charge in [-0.25, -0.2) is 8.78 Å². The van der Waals surface area contributed by atoms with E-state index in [4.69, 9.17) is 0 Å². The van der Waals surface area contributed by atoms with Crippen molar-refractivity contribution in [2.75, 3.05) is 0 Å². The molecule has 2 aromatic carbocycles. The van der Waals surface area contributed by atoms with Crippen LogP contribution >= 0.6 is 11.8 Å². The van der Waals surface area contributed by atoms with E-state index in [1.165, 1.54) is 29.2 Å². The molecule has 200 valence electrons. The number of amides is 2. The van der Waals surface area contributed by atoms with Crippen LogP contribution < -0.4 is 5.32 Å². The number of benzene rings is 2. The number of nitrogens with zero attached hydrogens (tertiary/aromatic N) is 1. The van der Waals surface area contributed by atoms with E-state index in [-0.39, 0.29) is 47.6 Å². The average Bonchev–Trinajstić information content (AvgIpc) is 3.17. The second kappa shape index (κ2) is 12.1. The van der Waals surface area contributed by atoms with Crippen LogP contribution in [0.3, 0.4) is 0 Å². The zero-order valence-electron chi connectivity index (χ0n) is 20.3. The third-order valence-corrected chi connectivity index (χ3v) is 7.16. The Morgan fingerprint density at radius 2 is 1.78 bits per heavy atom. The predicted molar refractivity (Wildman–Crippen MR) is 129 cm³/mol.